The van der Waals surface area contributed by atoms with Gasteiger partial charge in [0.2, 0.25) is 0 Å². The van der Waals surface area contributed by atoms with Gasteiger partial charge in [0.25, 0.3) is 11.8 Å². The molecule has 1 N–H and O–H groups in total. The molecule has 0 saturated heterocycles. The van der Waals surface area contributed by atoms with Crippen LogP contribution in [-0.2, 0) is 9.59 Å². The van der Waals surface area contributed by atoms with E-state index in [1.165, 1.54) is 11.3 Å². The number of hydrogen-bond donors (Lipinski definition) is 1. The van der Waals surface area contributed by atoms with Crippen molar-refractivity contribution in [2.24, 2.45) is 0 Å². The van der Waals surface area contributed by atoms with Crippen LogP contribution in [0.5, 0.6) is 5.75 Å². The van der Waals surface area contributed by atoms with Gasteiger partial charge in [0.1, 0.15) is 5.75 Å². The molecule has 5 nitrogen and oxygen atoms in total. The van der Waals surface area contributed by atoms with Crippen LogP contribution in [0.3, 0.4) is 0 Å². The monoisotopic (exact) mass is 357 g/mol. The summed E-state index contributed by atoms with van der Waals surface area (Å²) in [5, 5.41) is 10.4. The molecule has 2 amide bonds. The summed E-state index contributed by atoms with van der Waals surface area (Å²) >= 11 is 0. The molecular formula is C21H27NO4. The number of aliphatic hydroxyl groups excluding tert-OH is 1. The Morgan fingerprint density at radius 2 is 1.62 bits per heavy atom. The van der Waals surface area contributed by atoms with Crippen LogP contribution in [-0.4, -0.2) is 34.5 Å². The number of rotatable bonds is 5. The molecule has 3 rings (SSSR count). The second kappa shape index (κ2) is 8.39. The van der Waals surface area contributed by atoms with Crippen LogP contribution < -0.4 is 4.74 Å². The largest absolute Gasteiger partial charge is 0.502 e. The SMILES string of the molecule is CCCOc1ccc(C2=C(O)C(=O)N(C3CCCCCCC3)C2=O)cc1. The van der Waals surface area contributed by atoms with Crippen molar-refractivity contribution in [3.05, 3.63) is 35.6 Å². The van der Waals surface area contributed by atoms with Crippen molar-refractivity contribution in [2.45, 2.75) is 64.3 Å². The Morgan fingerprint density at radius 1 is 1.00 bits per heavy atom. The molecule has 1 aromatic carbocycles. The minimum Gasteiger partial charge on any atom is -0.502 e. The fourth-order valence-electron chi connectivity index (χ4n) is 3.76. The highest BCUT2D eigenvalue weighted by Gasteiger charge is 2.42. The van der Waals surface area contributed by atoms with Gasteiger partial charge in [0.05, 0.1) is 12.2 Å². The summed E-state index contributed by atoms with van der Waals surface area (Å²) in [7, 11) is 0. The fraction of sp³-hybridized carbons (Fsp3) is 0.524. The van der Waals surface area contributed by atoms with Crippen molar-refractivity contribution in [1.29, 1.82) is 0 Å². The van der Waals surface area contributed by atoms with Crippen molar-refractivity contribution in [2.75, 3.05) is 6.61 Å². The molecule has 0 atom stereocenters. The molecule has 1 aliphatic heterocycles. The molecule has 0 unspecified atom stereocenters. The Labute approximate surface area is 154 Å². The number of aliphatic hydroxyl groups is 1. The zero-order chi connectivity index (χ0) is 18.5. The van der Waals surface area contributed by atoms with Gasteiger partial charge in [-0.15, -0.1) is 0 Å². The number of carbonyl (C=O) groups excluding carboxylic acids is 2. The van der Waals surface area contributed by atoms with E-state index in [9.17, 15) is 14.7 Å². The molecule has 5 heteroatoms. The molecule has 26 heavy (non-hydrogen) atoms. The summed E-state index contributed by atoms with van der Waals surface area (Å²) in [4.78, 5) is 26.8. The van der Waals surface area contributed by atoms with E-state index in [-0.39, 0.29) is 17.5 Å². The molecule has 2 aliphatic rings. The Kier molecular flexibility index (Phi) is 5.96. The molecule has 1 saturated carbocycles. The summed E-state index contributed by atoms with van der Waals surface area (Å²) < 4.78 is 5.55. The third-order valence-electron chi connectivity index (χ3n) is 5.15. The van der Waals surface area contributed by atoms with Gasteiger partial charge in [0.15, 0.2) is 5.76 Å². The van der Waals surface area contributed by atoms with Crippen LogP contribution in [0.4, 0.5) is 0 Å². The van der Waals surface area contributed by atoms with Gasteiger partial charge in [-0.3, -0.25) is 14.5 Å². The zero-order valence-corrected chi connectivity index (χ0v) is 15.4. The molecule has 0 bridgehead atoms. The van der Waals surface area contributed by atoms with E-state index >= 15 is 0 Å². The molecular weight excluding hydrogens is 330 g/mol. The topological polar surface area (TPSA) is 66.8 Å². The number of benzene rings is 1. The van der Waals surface area contributed by atoms with Crippen molar-refractivity contribution in [1.82, 2.24) is 4.90 Å². The molecule has 1 aromatic rings. The van der Waals surface area contributed by atoms with Gasteiger partial charge in [-0.1, -0.05) is 51.2 Å². The number of imide groups is 1. The number of carbonyl (C=O) groups is 2. The lowest BCUT2D eigenvalue weighted by Crippen LogP contribution is -2.41. The lowest BCUT2D eigenvalue weighted by atomic mass is 9.95. The maximum Gasteiger partial charge on any atom is 0.296 e. The number of hydrogen-bond acceptors (Lipinski definition) is 4. The van der Waals surface area contributed by atoms with Gasteiger partial charge in [0, 0.05) is 6.04 Å². The smallest absolute Gasteiger partial charge is 0.296 e. The van der Waals surface area contributed by atoms with Crippen molar-refractivity contribution < 1.29 is 19.4 Å². The lowest BCUT2D eigenvalue weighted by molar-refractivity contribution is -0.141. The number of ether oxygens (including phenoxy) is 1. The van der Waals surface area contributed by atoms with Crippen molar-refractivity contribution >= 4 is 17.4 Å². The normalized spacial score (nSPS) is 19.7. The maximum absolute atomic E-state index is 12.9. The van der Waals surface area contributed by atoms with Crippen LogP contribution in [0, 0.1) is 0 Å². The van der Waals surface area contributed by atoms with E-state index in [1.807, 2.05) is 6.92 Å². The van der Waals surface area contributed by atoms with Crippen LogP contribution in [0.2, 0.25) is 0 Å². The predicted octanol–water partition coefficient (Wildman–Crippen LogP) is 4.23. The van der Waals surface area contributed by atoms with Gasteiger partial charge in [-0.2, -0.15) is 0 Å². The van der Waals surface area contributed by atoms with E-state index < -0.39 is 11.7 Å². The van der Waals surface area contributed by atoms with Crippen molar-refractivity contribution in [3.8, 4) is 5.75 Å². The van der Waals surface area contributed by atoms with Crippen molar-refractivity contribution in [3.63, 3.8) is 0 Å². The summed E-state index contributed by atoms with van der Waals surface area (Å²) in [6.45, 7) is 2.66. The third-order valence-corrected chi connectivity index (χ3v) is 5.15. The minimum atomic E-state index is -0.554. The van der Waals surface area contributed by atoms with E-state index in [4.69, 9.17) is 4.74 Å². The second-order valence-electron chi connectivity index (χ2n) is 7.08. The van der Waals surface area contributed by atoms with E-state index in [0.717, 1.165) is 44.9 Å². The van der Waals surface area contributed by atoms with Gasteiger partial charge >= 0.3 is 0 Å². The van der Waals surface area contributed by atoms with Gasteiger partial charge < -0.3 is 9.84 Å². The minimum absolute atomic E-state index is 0.109. The van der Waals surface area contributed by atoms with Crippen LogP contribution in [0.25, 0.3) is 5.57 Å². The first-order valence-electron chi connectivity index (χ1n) is 9.68. The molecule has 0 aromatic heterocycles. The number of amides is 2. The Balaban J connectivity index is 1.79. The standard InChI is InChI=1S/C21H27NO4/c1-2-14-26-17-12-10-15(11-13-17)18-19(23)21(25)22(20(18)24)16-8-6-4-3-5-7-9-16/h10-13,16,23H,2-9,14H2,1H3. The average Bonchev–Trinajstić information content (AvgIpc) is 2.83. The highest BCUT2D eigenvalue weighted by atomic mass is 16.5. The fourth-order valence-corrected chi connectivity index (χ4v) is 3.76. The highest BCUT2D eigenvalue weighted by molar-refractivity contribution is 6.35. The quantitative estimate of drug-likeness (QED) is 0.801. The van der Waals surface area contributed by atoms with Crippen LogP contribution in [0.1, 0.15) is 63.9 Å². The predicted molar refractivity (Wildman–Crippen MR) is 99.7 cm³/mol. The molecule has 1 heterocycles. The lowest BCUT2D eigenvalue weighted by Gasteiger charge is -2.28. The van der Waals surface area contributed by atoms with Gasteiger partial charge in [-0.05, 0) is 37.0 Å². The third kappa shape index (κ3) is 3.76. The number of nitrogens with zero attached hydrogens (tertiary/aromatic N) is 1. The molecule has 1 aliphatic carbocycles. The maximum atomic E-state index is 12.9. The van der Waals surface area contributed by atoms with Gasteiger partial charge in [-0.25, -0.2) is 0 Å². The summed E-state index contributed by atoms with van der Waals surface area (Å²) in [6, 6.07) is 6.87. The van der Waals surface area contributed by atoms with E-state index in [1.54, 1.807) is 24.3 Å². The molecule has 0 spiro atoms. The first-order chi connectivity index (χ1) is 12.6. The summed E-state index contributed by atoms with van der Waals surface area (Å²) in [5.74, 6) is -0.647. The Bertz CT molecular complexity index is 684. The molecule has 0 radical (unpaired) electrons. The first-order valence-corrected chi connectivity index (χ1v) is 9.68. The molecule has 140 valence electrons. The van der Waals surface area contributed by atoms with E-state index in [2.05, 4.69) is 0 Å². The average molecular weight is 357 g/mol. The van der Waals surface area contributed by atoms with Crippen LogP contribution >= 0.6 is 0 Å². The highest BCUT2D eigenvalue weighted by Crippen LogP contribution is 2.33. The Morgan fingerprint density at radius 3 is 2.23 bits per heavy atom. The van der Waals surface area contributed by atoms with E-state index in [0.29, 0.717) is 17.9 Å². The Hall–Kier alpha value is -2.30. The molecule has 1 fully saturated rings. The summed E-state index contributed by atoms with van der Waals surface area (Å²) in [5.41, 5.74) is 0.664. The van der Waals surface area contributed by atoms with Crippen LogP contribution in [0.15, 0.2) is 30.0 Å². The second-order valence-corrected chi connectivity index (χ2v) is 7.08. The first kappa shape index (κ1) is 18.5. The summed E-state index contributed by atoms with van der Waals surface area (Å²) in [6.07, 6.45) is 8.08. The zero-order valence-electron chi connectivity index (χ0n) is 15.4.